The summed E-state index contributed by atoms with van der Waals surface area (Å²) in [4.78, 5) is 1.54. The van der Waals surface area contributed by atoms with Gasteiger partial charge in [0.15, 0.2) is 0 Å². The molecule has 0 fully saturated rings. The molecule has 0 saturated carbocycles. The Hall–Kier alpha value is 0.0900. The van der Waals surface area contributed by atoms with Crippen molar-refractivity contribution >= 4 is 11.8 Å². The zero-order chi connectivity index (χ0) is 6.15. The molecule has 1 rings (SSSR count). The van der Waals surface area contributed by atoms with Gasteiger partial charge in [-0.15, -0.1) is 11.8 Å². The molecule has 1 aliphatic rings. The standard InChI is InChI=1S/C7H12S/c1-5-4-8-7(3)6(5)2/h5H,4H2,1-3H3. The van der Waals surface area contributed by atoms with Crippen molar-refractivity contribution in [2.24, 2.45) is 5.92 Å². The molecule has 8 heavy (non-hydrogen) atoms. The maximum atomic E-state index is 2.29. The van der Waals surface area contributed by atoms with E-state index in [0.717, 1.165) is 5.92 Å². The van der Waals surface area contributed by atoms with E-state index < -0.39 is 0 Å². The topological polar surface area (TPSA) is 0 Å². The zero-order valence-electron chi connectivity index (χ0n) is 5.69. The van der Waals surface area contributed by atoms with E-state index in [2.05, 4.69) is 20.8 Å². The molecule has 0 amide bonds. The van der Waals surface area contributed by atoms with Crippen LogP contribution in [-0.4, -0.2) is 5.75 Å². The molecule has 0 nitrogen and oxygen atoms in total. The highest BCUT2D eigenvalue weighted by atomic mass is 32.2. The molecule has 0 radical (unpaired) electrons. The molecule has 0 aromatic rings. The molecule has 1 aliphatic heterocycles. The van der Waals surface area contributed by atoms with E-state index in [-0.39, 0.29) is 0 Å². The lowest BCUT2D eigenvalue weighted by Crippen LogP contribution is -1.91. The Bertz CT molecular complexity index is 124. The maximum Gasteiger partial charge on any atom is 0.00400 e. The molecule has 1 atom stereocenters. The molecule has 0 aliphatic carbocycles. The Morgan fingerprint density at radius 2 is 2.12 bits per heavy atom. The van der Waals surface area contributed by atoms with Gasteiger partial charge in [0.25, 0.3) is 0 Å². The molecule has 1 unspecified atom stereocenters. The molecule has 0 bridgehead atoms. The SMILES string of the molecule is CC1=C(C)C(C)CS1. The van der Waals surface area contributed by atoms with Crippen LogP contribution in [0.4, 0.5) is 0 Å². The molecule has 1 heterocycles. The van der Waals surface area contributed by atoms with Crippen molar-refractivity contribution in [3.05, 3.63) is 10.5 Å². The van der Waals surface area contributed by atoms with Crippen LogP contribution in [0.25, 0.3) is 0 Å². The number of rotatable bonds is 0. The highest BCUT2D eigenvalue weighted by Gasteiger charge is 2.14. The first kappa shape index (κ1) is 6.21. The van der Waals surface area contributed by atoms with Crippen LogP contribution in [0.2, 0.25) is 0 Å². The summed E-state index contributed by atoms with van der Waals surface area (Å²) >= 11 is 1.99. The molecular weight excluding hydrogens is 116 g/mol. The van der Waals surface area contributed by atoms with Gasteiger partial charge in [-0.2, -0.15) is 0 Å². The molecule has 0 saturated heterocycles. The van der Waals surface area contributed by atoms with Gasteiger partial charge in [-0.25, -0.2) is 0 Å². The average molecular weight is 128 g/mol. The summed E-state index contributed by atoms with van der Waals surface area (Å²) in [5.41, 5.74) is 1.59. The molecule has 1 heteroatoms. The third-order valence-electron chi connectivity index (χ3n) is 1.84. The number of thioether (sulfide) groups is 1. The van der Waals surface area contributed by atoms with Crippen LogP contribution in [0.1, 0.15) is 20.8 Å². The monoisotopic (exact) mass is 128 g/mol. The Morgan fingerprint density at radius 1 is 1.50 bits per heavy atom. The van der Waals surface area contributed by atoms with Gasteiger partial charge in [-0.05, 0) is 24.7 Å². The maximum absolute atomic E-state index is 2.29. The number of hydrogen-bond acceptors (Lipinski definition) is 1. The van der Waals surface area contributed by atoms with E-state index in [0.29, 0.717) is 0 Å². The van der Waals surface area contributed by atoms with E-state index in [1.807, 2.05) is 11.8 Å². The fraction of sp³-hybridized carbons (Fsp3) is 0.714. The summed E-state index contributed by atoms with van der Waals surface area (Å²) in [5, 5.41) is 0. The van der Waals surface area contributed by atoms with Crippen LogP contribution in [0.5, 0.6) is 0 Å². The largest absolute Gasteiger partial charge is 0.130 e. The molecule has 0 N–H and O–H groups in total. The van der Waals surface area contributed by atoms with Crippen molar-refractivity contribution in [3.8, 4) is 0 Å². The lowest BCUT2D eigenvalue weighted by Gasteiger charge is -1.98. The second-order valence-electron chi connectivity index (χ2n) is 2.45. The molecule has 0 spiro atoms. The average Bonchev–Trinajstić information content (AvgIpc) is 1.98. The van der Waals surface area contributed by atoms with Crippen molar-refractivity contribution in [1.82, 2.24) is 0 Å². The van der Waals surface area contributed by atoms with Gasteiger partial charge >= 0.3 is 0 Å². The quantitative estimate of drug-likeness (QED) is 0.483. The minimum atomic E-state index is 0.833. The first-order valence-electron chi connectivity index (χ1n) is 3.02. The van der Waals surface area contributed by atoms with Gasteiger partial charge in [0, 0.05) is 5.75 Å². The van der Waals surface area contributed by atoms with Gasteiger partial charge in [-0.1, -0.05) is 12.5 Å². The molecule has 0 aromatic carbocycles. The van der Waals surface area contributed by atoms with Gasteiger partial charge in [0.05, 0.1) is 0 Å². The number of allylic oxidation sites excluding steroid dienone is 2. The van der Waals surface area contributed by atoms with Gasteiger partial charge < -0.3 is 0 Å². The van der Waals surface area contributed by atoms with E-state index in [1.54, 1.807) is 5.57 Å². The first-order valence-corrected chi connectivity index (χ1v) is 4.00. The number of hydrogen-bond donors (Lipinski definition) is 0. The summed E-state index contributed by atoms with van der Waals surface area (Å²) in [6.07, 6.45) is 0. The van der Waals surface area contributed by atoms with Crippen LogP contribution in [0.3, 0.4) is 0 Å². The second-order valence-corrected chi connectivity index (χ2v) is 3.69. The minimum Gasteiger partial charge on any atom is -0.130 e. The van der Waals surface area contributed by atoms with E-state index >= 15 is 0 Å². The van der Waals surface area contributed by atoms with Gasteiger partial charge in [-0.3, -0.25) is 0 Å². The fourth-order valence-corrected chi connectivity index (χ4v) is 2.01. The Kier molecular flexibility index (Phi) is 1.66. The summed E-state index contributed by atoms with van der Waals surface area (Å²) < 4.78 is 0. The Labute approximate surface area is 55.4 Å². The summed E-state index contributed by atoms with van der Waals surface area (Å²) in [5.74, 6) is 2.14. The smallest absolute Gasteiger partial charge is 0.00400 e. The van der Waals surface area contributed by atoms with Crippen molar-refractivity contribution in [2.75, 3.05) is 5.75 Å². The van der Waals surface area contributed by atoms with Crippen LogP contribution in [0, 0.1) is 5.92 Å². The van der Waals surface area contributed by atoms with Crippen molar-refractivity contribution in [2.45, 2.75) is 20.8 Å². The second kappa shape index (κ2) is 2.14. The van der Waals surface area contributed by atoms with Crippen molar-refractivity contribution < 1.29 is 0 Å². The Balaban J connectivity index is 2.71. The predicted octanol–water partition coefficient (Wildman–Crippen LogP) is 2.66. The third kappa shape index (κ3) is 0.921. The summed E-state index contributed by atoms with van der Waals surface area (Å²) in [6, 6.07) is 0. The highest BCUT2D eigenvalue weighted by molar-refractivity contribution is 8.03. The van der Waals surface area contributed by atoms with Crippen molar-refractivity contribution in [3.63, 3.8) is 0 Å². The zero-order valence-corrected chi connectivity index (χ0v) is 6.51. The normalized spacial score (nSPS) is 29.6. The van der Waals surface area contributed by atoms with Crippen molar-refractivity contribution in [1.29, 1.82) is 0 Å². The minimum absolute atomic E-state index is 0.833. The van der Waals surface area contributed by atoms with E-state index in [1.165, 1.54) is 10.7 Å². The van der Waals surface area contributed by atoms with Crippen LogP contribution in [-0.2, 0) is 0 Å². The first-order chi connectivity index (χ1) is 3.72. The van der Waals surface area contributed by atoms with E-state index in [4.69, 9.17) is 0 Å². The van der Waals surface area contributed by atoms with Crippen LogP contribution in [0.15, 0.2) is 10.5 Å². The lowest BCUT2D eigenvalue weighted by molar-refractivity contribution is 0.794. The van der Waals surface area contributed by atoms with Crippen LogP contribution >= 0.6 is 11.8 Å². The Morgan fingerprint density at radius 3 is 2.25 bits per heavy atom. The summed E-state index contributed by atoms with van der Waals surface area (Å²) in [6.45, 7) is 6.74. The highest BCUT2D eigenvalue weighted by Crippen LogP contribution is 2.34. The van der Waals surface area contributed by atoms with Gasteiger partial charge in [0.2, 0.25) is 0 Å². The summed E-state index contributed by atoms with van der Waals surface area (Å²) in [7, 11) is 0. The fourth-order valence-electron chi connectivity index (χ4n) is 0.836. The molecule has 46 valence electrons. The third-order valence-corrected chi connectivity index (χ3v) is 3.27. The predicted molar refractivity (Wildman–Crippen MR) is 40.0 cm³/mol. The molecule has 0 aromatic heterocycles. The van der Waals surface area contributed by atoms with Crippen LogP contribution < -0.4 is 0 Å². The lowest BCUT2D eigenvalue weighted by atomic mass is 10.1. The molecular formula is C7H12S. The van der Waals surface area contributed by atoms with Gasteiger partial charge in [0.1, 0.15) is 0 Å². The van der Waals surface area contributed by atoms with E-state index in [9.17, 15) is 0 Å².